The van der Waals surface area contributed by atoms with Crippen LogP contribution in [0.3, 0.4) is 0 Å². The monoisotopic (exact) mass is 263 g/mol. The fraction of sp³-hybridized carbons (Fsp3) is 0.200. The van der Waals surface area contributed by atoms with Gasteiger partial charge in [0.25, 0.3) is 0 Å². The lowest BCUT2D eigenvalue weighted by Crippen LogP contribution is -2.05. The van der Waals surface area contributed by atoms with Gasteiger partial charge in [-0.3, -0.25) is 0 Å². The molecule has 2 rings (SSSR count). The van der Waals surface area contributed by atoms with Crippen LogP contribution in [-0.4, -0.2) is 7.05 Å². The maximum Gasteiger partial charge on any atom is 0.132 e. The van der Waals surface area contributed by atoms with E-state index in [1.54, 1.807) is 6.07 Å². The Labute approximate surface area is 111 Å². The number of rotatable bonds is 5. The maximum absolute atomic E-state index is 13.4. The highest BCUT2D eigenvalue weighted by Crippen LogP contribution is 2.18. The second kappa shape index (κ2) is 6.29. The van der Waals surface area contributed by atoms with Crippen molar-refractivity contribution in [2.75, 3.05) is 7.05 Å². The molecule has 0 heterocycles. The molecule has 0 aliphatic carbocycles. The Kier molecular flexibility index (Phi) is 4.47. The normalized spacial score (nSPS) is 10.5. The van der Waals surface area contributed by atoms with E-state index in [2.05, 4.69) is 5.32 Å². The van der Waals surface area contributed by atoms with E-state index in [1.807, 2.05) is 25.2 Å². The third-order valence-corrected chi connectivity index (χ3v) is 2.72. The maximum atomic E-state index is 13.4. The minimum Gasteiger partial charge on any atom is -0.489 e. The molecule has 0 bridgehead atoms. The molecule has 4 heteroatoms. The van der Waals surface area contributed by atoms with Gasteiger partial charge < -0.3 is 10.1 Å². The molecule has 100 valence electrons. The smallest absolute Gasteiger partial charge is 0.132 e. The first-order chi connectivity index (χ1) is 9.20. The largest absolute Gasteiger partial charge is 0.489 e. The minimum atomic E-state index is -0.591. The number of ether oxygens (including phenoxy) is 1. The fourth-order valence-electron chi connectivity index (χ4n) is 1.78. The quantitative estimate of drug-likeness (QED) is 0.894. The summed E-state index contributed by atoms with van der Waals surface area (Å²) in [6.07, 6.45) is 0. The molecule has 0 aromatic heterocycles. The Bertz CT molecular complexity index is 537. The van der Waals surface area contributed by atoms with Crippen molar-refractivity contribution in [2.45, 2.75) is 13.2 Å². The van der Waals surface area contributed by atoms with Gasteiger partial charge in [-0.25, -0.2) is 8.78 Å². The van der Waals surface area contributed by atoms with Crippen molar-refractivity contribution in [1.82, 2.24) is 5.32 Å². The fourth-order valence-corrected chi connectivity index (χ4v) is 1.78. The lowest BCUT2D eigenvalue weighted by molar-refractivity contribution is 0.292. The van der Waals surface area contributed by atoms with E-state index in [-0.39, 0.29) is 12.2 Å². The van der Waals surface area contributed by atoms with Gasteiger partial charge in [0.05, 0.1) is 5.56 Å². The molecule has 0 amide bonds. The van der Waals surface area contributed by atoms with E-state index in [0.29, 0.717) is 12.3 Å². The molecule has 0 unspecified atom stereocenters. The molecule has 0 saturated carbocycles. The van der Waals surface area contributed by atoms with E-state index < -0.39 is 11.6 Å². The van der Waals surface area contributed by atoms with Crippen LogP contribution in [0.25, 0.3) is 0 Å². The number of hydrogen-bond donors (Lipinski definition) is 1. The van der Waals surface area contributed by atoms with Crippen LogP contribution >= 0.6 is 0 Å². The summed E-state index contributed by atoms with van der Waals surface area (Å²) in [5.41, 5.74) is 0.996. The van der Waals surface area contributed by atoms with Crippen LogP contribution in [-0.2, 0) is 13.2 Å². The van der Waals surface area contributed by atoms with Gasteiger partial charge in [0.1, 0.15) is 24.0 Å². The summed E-state index contributed by atoms with van der Waals surface area (Å²) in [6.45, 7) is 0.590. The number of halogens is 2. The molecular formula is C15H15F2NO. The average molecular weight is 263 g/mol. The molecule has 0 atom stereocenters. The molecule has 2 nitrogen and oxygen atoms in total. The molecule has 0 fully saturated rings. The highest BCUT2D eigenvalue weighted by molar-refractivity contribution is 5.29. The summed E-state index contributed by atoms with van der Waals surface area (Å²) in [6, 6.07) is 11.2. The van der Waals surface area contributed by atoms with E-state index in [1.165, 1.54) is 18.2 Å². The number of nitrogens with one attached hydrogen (secondary N) is 1. The highest BCUT2D eigenvalue weighted by Gasteiger charge is 2.09. The molecule has 0 saturated heterocycles. The van der Waals surface area contributed by atoms with Gasteiger partial charge in [-0.15, -0.1) is 0 Å². The van der Waals surface area contributed by atoms with Crippen LogP contribution in [0.1, 0.15) is 11.1 Å². The third kappa shape index (κ3) is 3.51. The Balaban J connectivity index is 2.08. The summed E-state index contributed by atoms with van der Waals surface area (Å²) < 4.78 is 32.3. The lowest BCUT2D eigenvalue weighted by atomic mass is 10.2. The van der Waals surface area contributed by atoms with Crippen LogP contribution in [0.4, 0.5) is 8.78 Å². The van der Waals surface area contributed by atoms with Crippen molar-refractivity contribution in [3.05, 3.63) is 65.2 Å². The van der Waals surface area contributed by atoms with Crippen LogP contribution in [0.2, 0.25) is 0 Å². The molecule has 0 aliphatic heterocycles. The second-order valence-corrected chi connectivity index (χ2v) is 4.17. The molecule has 0 aliphatic rings. The van der Waals surface area contributed by atoms with Gasteiger partial charge >= 0.3 is 0 Å². The Hall–Kier alpha value is -1.94. The van der Waals surface area contributed by atoms with Crippen molar-refractivity contribution in [3.8, 4) is 5.75 Å². The predicted octanol–water partition coefficient (Wildman–Crippen LogP) is 3.26. The Morgan fingerprint density at radius 2 is 1.74 bits per heavy atom. The average Bonchev–Trinajstić information content (AvgIpc) is 2.39. The zero-order chi connectivity index (χ0) is 13.7. The molecule has 19 heavy (non-hydrogen) atoms. The van der Waals surface area contributed by atoms with E-state index in [0.717, 1.165) is 5.56 Å². The Morgan fingerprint density at radius 3 is 2.42 bits per heavy atom. The van der Waals surface area contributed by atoms with Gasteiger partial charge in [0.2, 0.25) is 0 Å². The summed E-state index contributed by atoms with van der Waals surface area (Å²) in [4.78, 5) is 0. The first-order valence-corrected chi connectivity index (χ1v) is 6.00. The van der Waals surface area contributed by atoms with Crippen LogP contribution in [0.15, 0.2) is 42.5 Å². The summed E-state index contributed by atoms with van der Waals surface area (Å²) in [7, 11) is 1.85. The van der Waals surface area contributed by atoms with Crippen LogP contribution < -0.4 is 10.1 Å². The third-order valence-electron chi connectivity index (χ3n) is 2.72. The van der Waals surface area contributed by atoms with Gasteiger partial charge in [0, 0.05) is 6.54 Å². The van der Waals surface area contributed by atoms with E-state index in [9.17, 15) is 8.78 Å². The van der Waals surface area contributed by atoms with Crippen LogP contribution in [0, 0.1) is 11.6 Å². The first kappa shape index (κ1) is 13.5. The number of hydrogen-bond acceptors (Lipinski definition) is 2. The number of benzene rings is 2. The van der Waals surface area contributed by atoms with Gasteiger partial charge in [-0.1, -0.05) is 18.2 Å². The predicted molar refractivity (Wildman–Crippen MR) is 69.9 cm³/mol. The molecule has 0 spiro atoms. The molecular weight excluding hydrogens is 248 g/mol. The zero-order valence-corrected chi connectivity index (χ0v) is 10.6. The molecule has 2 aromatic carbocycles. The van der Waals surface area contributed by atoms with Crippen molar-refractivity contribution >= 4 is 0 Å². The topological polar surface area (TPSA) is 21.3 Å². The van der Waals surface area contributed by atoms with Crippen molar-refractivity contribution in [2.24, 2.45) is 0 Å². The standard InChI is InChI=1S/C15H15F2NO/c1-18-9-11-4-2-5-12(8-11)19-10-13-14(16)6-3-7-15(13)17/h2-8,18H,9-10H2,1H3. The highest BCUT2D eigenvalue weighted by atomic mass is 19.1. The Morgan fingerprint density at radius 1 is 1.05 bits per heavy atom. The molecule has 1 N–H and O–H groups in total. The van der Waals surface area contributed by atoms with Gasteiger partial charge in [-0.05, 0) is 36.9 Å². The van der Waals surface area contributed by atoms with E-state index >= 15 is 0 Å². The molecule has 2 aromatic rings. The summed E-state index contributed by atoms with van der Waals surface area (Å²) >= 11 is 0. The molecule has 0 radical (unpaired) electrons. The minimum absolute atomic E-state index is 0.0541. The first-order valence-electron chi connectivity index (χ1n) is 6.00. The lowest BCUT2D eigenvalue weighted by Gasteiger charge is -2.09. The van der Waals surface area contributed by atoms with Crippen molar-refractivity contribution < 1.29 is 13.5 Å². The SMILES string of the molecule is CNCc1cccc(OCc2c(F)cccc2F)c1. The van der Waals surface area contributed by atoms with Gasteiger partial charge in [0.15, 0.2) is 0 Å². The van der Waals surface area contributed by atoms with E-state index in [4.69, 9.17) is 4.74 Å². The zero-order valence-electron chi connectivity index (χ0n) is 10.6. The summed E-state index contributed by atoms with van der Waals surface area (Å²) in [5.74, 6) is -0.590. The van der Waals surface area contributed by atoms with Crippen LogP contribution in [0.5, 0.6) is 5.75 Å². The second-order valence-electron chi connectivity index (χ2n) is 4.17. The summed E-state index contributed by atoms with van der Waals surface area (Å²) in [5, 5.41) is 3.03. The van der Waals surface area contributed by atoms with Gasteiger partial charge in [-0.2, -0.15) is 0 Å². The van der Waals surface area contributed by atoms with Crippen molar-refractivity contribution in [3.63, 3.8) is 0 Å². The van der Waals surface area contributed by atoms with Crippen molar-refractivity contribution in [1.29, 1.82) is 0 Å².